The Morgan fingerprint density at radius 3 is 2.53 bits per heavy atom. The molecule has 0 aliphatic rings. The highest BCUT2D eigenvalue weighted by Gasteiger charge is 2.09. The second-order valence-corrected chi connectivity index (χ2v) is 4.21. The van der Waals surface area contributed by atoms with Gasteiger partial charge in [0.2, 0.25) is 0 Å². The van der Waals surface area contributed by atoms with Crippen LogP contribution in [0.15, 0.2) is 48.5 Å². The zero-order chi connectivity index (χ0) is 13.7. The van der Waals surface area contributed by atoms with Gasteiger partial charge in [-0.3, -0.25) is 4.79 Å². The highest BCUT2D eigenvalue weighted by Crippen LogP contribution is 2.19. The van der Waals surface area contributed by atoms with E-state index in [9.17, 15) is 4.79 Å². The molecule has 0 unspecified atom stereocenters. The van der Waals surface area contributed by atoms with Crippen LogP contribution in [0.3, 0.4) is 0 Å². The summed E-state index contributed by atoms with van der Waals surface area (Å²) in [7, 11) is 1.59. The summed E-state index contributed by atoms with van der Waals surface area (Å²) in [5.74, 6) is 1.31. The van der Waals surface area contributed by atoms with E-state index in [-0.39, 0.29) is 12.4 Å². The summed E-state index contributed by atoms with van der Waals surface area (Å²) in [6.45, 7) is 1.94. The number of carbonyl (C=O) groups excluding carboxylic acids is 1. The van der Waals surface area contributed by atoms with Gasteiger partial charge in [-0.15, -0.1) is 0 Å². The Balaban J connectivity index is 2.02. The molecule has 0 spiro atoms. The van der Waals surface area contributed by atoms with Gasteiger partial charge < -0.3 is 9.47 Å². The summed E-state index contributed by atoms with van der Waals surface area (Å²) in [5, 5.41) is 0. The first-order valence-corrected chi connectivity index (χ1v) is 6.06. The minimum absolute atomic E-state index is 0.0258. The molecule has 0 aromatic heterocycles. The van der Waals surface area contributed by atoms with Crippen molar-refractivity contribution in [2.24, 2.45) is 0 Å². The third-order valence-electron chi connectivity index (χ3n) is 2.86. The van der Waals surface area contributed by atoms with Crippen LogP contribution in [0.1, 0.15) is 15.9 Å². The zero-order valence-corrected chi connectivity index (χ0v) is 11.1. The Kier molecular flexibility index (Phi) is 4.18. The van der Waals surface area contributed by atoms with E-state index >= 15 is 0 Å². The minimum atomic E-state index is -0.0269. The van der Waals surface area contributed by atoms with Gasteiger partial charge in [0.1, 0.15) is 11.5 Å². The quantitative estimate of drug-likeness (QED) is 0.770. The van der Waals surface area contributed by atoms with Gasteiger partial charge in [0, 0.05) is 11.6 Å². The van der Waals surface area contributed by atoms with Crippen LogP contribution in [0.4, 0.5) is 0 Å². The van der Waals surface area contributed by atoms with E-state index in [2.05, 4.69) is 0 Å². The normalized spacial score (nSPS) is 10.0. The highest BCUT2D eigenvalue weighted by atomic mass is 16.5. The lowest BCUT2D eigenvalue weighted by Gasteiger charge is -2.08. The minimum Gasteiger partial charge on any atom is -0.497 e. The van der Waals surface area contributed by atoms with E-state index < -0.39 is 0 Å². The van der Waals surface area contributed by atoms with Crippen molar-refractivity contribution in [2.75, 3.05) is 13.7 Å². The van der Waals surface area contributed by atoms with Crippen LogP contribution in [0, 0.1) is 6.92 Å². The van der Waals surface area contributed by atoms with Gasteiger partial charge in [-0.25, -0.2) is 0 Å². The van der Waals surface area contributed by atoms with Gasteiger partial charge in [-0.1, -0.05) is 30.3 Å². The van der Waals surface area contributed by atoms with Crippen LogP contribution >= 0.6 is 0 Å². The Bertz CT molecular complexity index is 576. The summed E-state index contributed by atoms with van der Waals surface area (Å²) < 4.78 is 10.6. The van der Waals surface area contributed by atoms with E-state index in [1.807, 2.05) is 43.3 Å². The monoisotopic (exact) mass is 256 g/mol. The number of carbonyl (C=O) groups is 1. The Hall–Kier alpha value is -2.29. The maximum atomic E-state index is 12.0. The van der Waals surface area contributed by atoms with Crippen LogP contribution < -0.4 is 9.47 Å². The average Bonchev–Trinajstić information content (AvgIpc) is 2.45. The van der Waals surface area contributed by atoms with Gasteiger partial charge in [0.25, 0.3) is 0 Å². The summed E-state index contributed by atoms with van der Waals surface area (Å²) in [5.41, 5.74) is 1.66. The van der Waals surface area contributed by atoms with E-state index in [1.54, 1.807) is 19.2 Å². The smallest absolute Gasteiger partial charge is 0.200 e. The Morgan fingerprint density at radius 1 is 1.05 bits per heavy atom. The SMILES string of the molecule is COc1cccc(OCC(=O)c2ccccc2C)c1. The van der Waals surface area contributed by atoms with Crippen LogP contribution in [-0.2, 0) is 0 Å². The number of hydrogen-bond donors (Lipinski definition) is 0. The molecule has 0 bridgehead atoms. The van der Waals surface area contributed by atoms with Gasteiger partial charge in [0.15, 0.2) is 12.4 Å². The third-order valence-corrected chi connectivity index (χ3v) is 2.86. The standard InChI is InChI=1S/C16H16O3/c1-12-6-3-4-9-15(12)16(17)11-19-14-8-5-7-13(10-14)18-2/h3-10H,11H2,1-2H3. The van der Waals surface area contributed by atoms with Gasteiger partial charge in [0.05, 0.1) is 7.11 Å². The molecule has 0 fully saturated rings. The number of ketones is 1. The molecule has 0 radical (unpaired) electrons. The number of ether oxygens (including phenoxy) is 2. The number of methoxy groups -OCH3 is 1. The second kappa shape index (κ2) is 6.05. The van der Waals surface area contributed by atoms with Crippen molar-refractivity contribution in [3.63, 3.8) is 0 Å². The van der Waals surface area contributed by atoms with Crippen LogP contribution in [0.5, 0.6) is 11.5 Å². The van der Waals surface area contributed by atoms with Crippen molar-refractivity contribution >= 4 is 5.78 Å². The summed E-state index contributed by atoms with van der Waals surface area (Å²) in [4.78, 5) is 12.0. The molecule has 2 aromatic rings. The summed E-state index contributed by atoms with van der Waals surface area (Å²) >= 11 is 0. The van der Waals surface area contributed by atoms with Crippen molar-refractivity contribution < 1.29 is 14.3 Å². The lowest BCUT2D eigenvalue weighted by molar-refractivity contribution is 0.0920. The molecular weight excluding hydrogens is 240 g/mol. The predicted molar refractivity (Wildman–Crippen MR) is 74.0 cm³/mol. The molecule has 0 N–H and O–H groups in total. The molecule has 0 heterocycles. The molecule has 0 saturated carbocycles. The molecule has 98 valence electrons. The molecular formula is C16H16O3. The largest absolute Gasteiger partial charge is 0.497 e. The number of aryl methyl sites for hydroxylation is 1. The number of hydrogen-bond acceptors (Lipinski definition) is 3. The average molecular weight is 256 g/mol. The molecule has 0 saturated heterocycles. The third kappa shape index (κ3) is 3.35. The van der Waals surface area contributed by atoms with E-state index in [0.29, 0.717) is 17.1 Å². The van der Waals surface area contributed by atoms with E-state index in [0.717, 1.165) is 5.56 Å². The lowest BCUT2D eigenvalue weighted by Crippen LogP contribution is -2.12. The fourth-order valence-corrected chi connectivity index (χ4v) is 1.80. The number of rotatable bonds is 5. The molecule has 0 aliphatic carbocycles. The molecule has 0 amide bonds. The van der Waals surface area contributed by atoms with Crippen molar-refractivity contribution in [1.29, 1.82) is 0 Å². The van der Waals surface area contributed by atoms with Gasteiger partial charge in [-0.2, -0.15) is 0 Å². The maximum Gasteiger partial charge on any atom is 0.200 e. The number of Topliss-reactive ketones (excluding diaryl/α,β-unsaturated/α-hetero) is 1. The first-order chi connectivity index (χ1) is 9.20. The maximum absolute atomic E-state index is 12.0. The lowest BCUT2D eigenvalue weighted by atomic mass is 10.1. The van der Waals surface area contributed by atoms with E-state index in [4.69, 9.17) is 9.47 Å². The van der Waals surface area contributed by atoms with Crippen molar-refractivity contribution in [3.8, 4) is 11.5 Å². The Morgan fingerprint density at radius 2 is 1.79 bits per heavy atom. The molecule has 2 rings (SSSR count). The molecule has 0 atom stereocenters. The highest BCUT2D eigenvalue weighted by molar-refractivity contribution is 5.98. The van der Waals surface area contributed by atoms with Gasteiger partial charge in [-0.05, 0) is 24.6 Å². The van der Waals surface area contributed by atoms with Crippen molar-refractivity contribution in [2.45, 2.75) is 6.92 Å². The zero-order valence-electron chi connectivity index (χ0n) is 11.1. The topological polar surface area (TPSA) is 35.5 Å². The first-order valence-electron chi connectivity index (χ1n) is 6.06. The fraction of sp³-hybridized carbons (Fsp3) is 0.188. The molecule has 3 heteroatoms. The van der Waals surface area contributed by atoms with Crippen LogP contribution in [0.2, 0.25) is 0 Å². The van der Waals surface area contributed by atoms with Crippen LogP contribution in [-0.4, -0.2) is 19.5 Å². The van der Waals surface area contributed by atoms with E-state index in [1.165, 1.54) is 0 Å². The van der Waals surface area contributed by atoms with Crippen molar-refractivity contribution in [3.05, 3.63) is 59.7 Å². The first kappa shape index (κ1) is 13.1. The Labute approximate surface area is 112 Å². The fourth-order valence-electron chi connectivity index (χ4n) is 1.80. The summed E-state index contributed by atoms with van der Waals surface area (Å²) in [6, 6.07) is 14.7. The molecule has 2 aromatic carbocycles. The predicted octanol–water partition coefficient (Wildman–Crippen LogP) is 3.27. The van der Waals surface area contributed by atoms with Crippen LogP contribution in [0.25, 0.3) is 0 Å². The van der Waals surface area contributed by atoms with Crippen molar-refractivity contribution in [1.82, 2.24) is 0 Å². The molecule has 0 aliphatic heterocycles. The summed E-state index contributed by atoms with van der Waals surface area (Å²) in [6.07, 6.45) is 0. The number of benzene rings is 2. The van der Waals surface area contributed by atoms with Gasteiger partial charge >= 0.3 is 0 Å². The molecule has 19 heavy (non-hydrogen) atoms. The second-order valence-electron chi connectivity index (χ2n) is 4.21. The molecule has 3 nitrogen and oxygen atoms in total.